The third-order valence-electron chi connectivity index (χ3n) is 3.38. The molecule has 21 heavy (non-hydrogen) atoms. The molecule has 1 fully saturated rings. The van der Waals surface area contributed by atoms with Gasteiger partial charge in [0, 0.05) is 6.07 Å². The highest BCUT2D eigenvalue weighted by molar-refractivity contribution is 5.77. The molecule has 1 aromatic carbocycles. The Morgan fingerprint density at radius 1 is 1.38 bits per heavy atom. The second kappa shape index (κ2) is 7.88. The molecule has 1 saturated carbocycles. The maximum atomic E-state index is 11.7. The van der Waals surface area contributed by atoms with Gasteiger partial charge in [-0.15, -0.1) is 0 Å². The Labute approximate surface area is 126 Å². The van der Waals surface area contributed by atoms with Crippen molar-refractivity contribution in [3.05, 3.63) is 24.3 Å². The highest BCUT2D eigenvalue weighted by atomic mass is 16.5. The smallest absolute Gasteiger partial charge is 0.234 e. The van der Waals surface area contributed by atoms with E-state index in [9.17, 15) is 4.79 Å². The van der Waals surface area contributed by atoms with Gasteiger partial charge >= 0.3 is 0 Å². The molecule has 0 spiro atoms. The first-order valence-electron chi connectivity index (χ1n) is 7.45. The van der Waals surface area contributed by atoms with Crippen molar-refractivity contribution < 1.29 is 14.3 Å². The summed E-state index contributed by atoms with van der Waals surface area (Å²) in [7, 11) is 1.62. The molecule has 0 aliphatic heterocycles. The van der Waals surface area contributed by atoms with Crippen LogP contribution in [0.25, 0.3) is 0 Å². The third-order valence-corrected chi connectivity index (χ3v) is 3.38. The van der Waals surface area contributed by atoms with Gasteiger partial charge in [0.25, 0.3) is 0 Å². The number of methoxy groups -OCH3 is 1. The number of rotatable bonds is 9. The minimum absolute atomic E-state index is 0.0109. The summed E-state index contributed by atoms with van der Waals surface area (Å²) in [6.07, 6.45) is 2.49. The number of benzene rings is 1. The largest absolute Gasteiger partial charge is 0.497 e. The highest BCUT2D eigenvalue weighted by Gasteiger charge is 2.20. The lowest BCUT2D eigenvalue weighted by Crippen LogP contribution is -2.39. The van der Waals surface area contributed by atoms with Crippen LogP contribution in [0.4, 0.5) is 0 Å². The molecular formula is C16H24N2O3. The van der Waals surface area contributed by atoms with Crippen LogP contribution >= 0.6 is 0 Å². The monoisotopic (exact) mass is 292 g/mol. The Morgan fingerprint density at radius 3 is 2.86 bits per heavy atom. The maximum Gasteiger partial charge on any atom is 0.234 e. The van der Waals surface area contributed by atoms with Crippen molar-refractivity contribution in [1.29, 1.82) is 0 Å². The van der Waals surface area contributed by atoms with E-state index in [0.717, 1.165) is 24.0 Å². The van der Waals surface area contributed by atoms with Crippen LogP contribution in [0.1, 0.15) is 19.8 Å². The number of ether oxygens (including phenoxy) is 2. The van der Waals surface area contributed by atoms with Crippen molar-refractivity contribution in [2.75, 3.05) is 26.7 Å². The van der Waals surface area contributed by atoms with Crippen LogP contribution in [0.3, 0.4) is 0 Å². The second-order valence-electron chi connectivity index (χ2n) is 5.49. The Kier molecular flexibility index (Phi) is 5.87. The van der Waals surface area contributed by atoms with Gasteiger partial charge in [0.2, 0.25) is 5.91 Å². The summed E-state index contributed by atoms with van der Waals surface area (Å²) in [6.45, 7) is 3.74. The van der Waals surface area contributed by atoms with E-state index in [0.29, 0.717) is 13.1 Å². The van der Waals surface area contributed by atoms with E-state index in [1.807, 2.05) is 31.2 Å². The molecular weight excluding hydrogens is 268 g/mol. The molecule has 1 aromatic rings. The van der Waals surface area contributed by atoms with Crippen molar-refractivity contribution in [1.82, 2.24) is 10.6 Å². The maximum absolute atomic E-state index is 11.7. The van der Waals surface area contributed by atoms with Crippen LogP contribution in [0.15, 0.2) is 24.3 Å². The number of hydrogen-bond donors (Lipinski definition) is 2. The summed E-state index contributed by atoms with van der Waals surface area (Å²) < 4.78 is 10.9. The van der Waals surface area contributed by atoms with E-state index < -0.39 is 0 Å². The number of hydrogen-bond acceptors (Lipinski definition) is 4. The van der Waals surface area contributed by atoms with Crippen LogP contribution < -0.4 is 20.1 Å². The van der Waals surface area contributed by atoms with E-state index in [1.165, 1.54) is 12.8 Å². The Bertz CT molecular complexity index is 461. The zero-order valence-corrected chi connectivity index (χ0v) is 12.7. The minimum atomic E-state index is -0.0931. The minimum Gasteiger partial charge on any atom is -0.497 e. The van der Waals surface area contributed by atoms with Crippen molar-refractivity contribution in [3.8, 4) is 11.5 Å². The molecule has 1 atom stereocenters. The summed E-state index contributed by atoms with van der Waals surface area (Å²) in [6, 6.07) is 7.44. The molecule has 1 aliphatic carbocycles. The van der Waals surface area contributed by atoms with Gasteiger partial charge < -0.3 is 20.1 Å². The Hall–Kier alpha value is -1.75. The van der Waals surface area contributed by atoms with Crippen LogP contribution in [0, 0.1) is 5.92 Å². The molecule has 0 heterocycles. The van der Waals surface area contributed by atoms with E-state index in [1.54, 1.807) is 7.11 Å². The quantitative estimate of drug-likeness (QED) is 0.725. The molecule has 0 radical (unpaired) electrons. The first-order valence-corrected chi connectivity index (χ1v) is 7.45. The Balaban J connectivity index is 1.63. The predicted octanol–water partition coefficient (Wildman–Crippen LogP) is 1.58. The van der Waals surface area contributed by atoms with Gasteiger partial charge in [-0.2, -0.15) is 0 Å². The molecule has 1 aliphatic rings. The summed E-state index contributed by atoms with van der Waals surface area (Å²) in [5, 5.41) is 6.03. The lowest BCUT2D eigenvalue weighted by molar-refractivity contribution is -0.120. The van der Waals surface area contributed by atoms with Gasteiger partial charge in [-0.3, -0.25) is 4.79 Å². The van der Waals surface area contributed by atoms with Gasteiger partial charge in [0.1, 0.15) is 17.6 Å². The van der Waals surface area contributed by atoms with Gasteiger partial charge in [-0.1, -0.05) is 6.07 Å². The number of carbonyl (C=O) groups excluding carboxylic acids is 1. The van der Waals surface area contributed by atoms with Crippen LogP contribution in [-0.2, 0) is 4.79 Å². The predicted molar refractivity (Wildman–Crippen MR) is 81.7 cm³/mol. The fourth-order valence-electron chi connectivity index (χ4n) is 1.98. The molecule has 2 N–H and O–H groups in total. The van der Waals surface area contributed by atoms with Crippen molar-refractivity contribution in [3.63, 3.8) is 0 Å². The van der Waals surface area contributed by atoms with Crippen LogP contribution in [-0.4, -0.2) is 38.8 Å². The normalized spacial score (nSPS) is 15.3. The zero-order valence-electron chi connectivity index (χ0n) is 12.7. The average Bonchev–Trinajstić information content (AvgIpc) is 3.29. The summed E-state index contributed by atoms with van der Waals surface area (Å²) in [5.74, 6) is 2.29. The Morgan fingerprint density at radius 2 is 2.14 bits per heavy atom. The number of carbonyl (C=O) groups is 1. The second-order valence-corrected chi connectivity index (χ2v) is 5.49. The molecule has 0 aromatic heterocycles. The van der Waals surface area contributed by atoms with E-state index in [4.69, 9.17) is 9.47 Å². The SMILES string of the molecule is COc1cccc(OC(C)CNC(=O)CNCC2CC2)c1. The molecule has 2 rings (SSSR count). The van der Waals surface area contributed by atoms with Crippen molar-refractivity contribution in [2.45, 2.75) is 25.9 Å². The standard InChI is InChI=1S/C16H24N2O3/c1-12(21-15-5-3-4-14(8-15)20-2)9-18-16(19)11-17-10-13-6-7-13/h3-5,8,12-13,17H,6-7,9-11H2,1-2H3,(H,18,19). The summed E-state index contributed by atoms with van der Waals surface area (Å²) >= 11 is 0. The third kappa shape index (κ3) is 6.04. The van der Waals surface area contributed by atoms with Gasteiger partial charge in [0.15, 0.2) is 0 Å². The molecule has 0 bridgehead atoms. The molecule has 5 heteroatoms. The molecule has 116 valence electrons. The zero-order chi connectivity index (χ0) is 15.1. The van der Waals surface area contributed by atoms with Gasteiger partial charge in [-0.05, 0) is 44.4 Å². The van der Waals surface area contributed by atoms with Gasteiger partial charge in [0.05, 0.1) is 20.2 Å². The summed E-state index contributed by atoms with van der Waals surface area (Å²) in [4.78, 5) is 11.7. The van der Waals surface area contributed by atoms with Gasteiger partial charge in [-0.25, -0.2) is 0 Å². The topological polar surface area (TPSA) is 59.6 Å². The lowest BCUT2D eigenvalue weighted by Gasteiger charge is -2.16. The van der Waals surface area contributed by atoms with Crippen molar-refractivity contribution >= 4 is 5.91 Å². The lowest BCUT2D eigenvalue weighted by atomic mass is 10.3. The molecule has 1 amide bonds. The first-order chi connectivity index (χ1) is 10.2. The summed E-state index contributed by atoms with van der Waals surface area (Å²) in [5.41, 5.74) is 0. The van der Waals surface area contributed by atoms with Crippen LogP contribution in [0.2, 0.25) is 0 Å². The fourth-order valence-corrected chi connectivity index (χ4v) is 1.98. The van der Waals surface area contributed by atoms with E-state index >= 15 is 0 Å². The molecule has 5 nitrogen and oxygen atoms in total. The highest BCUT2D eigenvalue weighted by Crippen LogP contribution is 2.27. The fraction of sp³-hybridized carbons (Fsp3) is 0.562. The van der Waals surface area contributed by atoms with Crippen LogP contribution in [0.5, 0.6) is 11.5 Å². The van der Waals surface area contributed by atoms with Crippen molar-refractivity contribution in [2.24, 2.45) is 5.92 Å². The molecule has 0 saturated heterocycles. The first kappa shape index (κ1) is 15.6. The van der Waals surface area contributed by atoms with E-state index in [2.05, 4.69) is 10.6 Å². The van der Waals surface area contributed by atoms with E-state index in [-0.39, 0.29) is 12.0 Å². The average molecular weight is 292 g/mol. The molecule has 1 unspecified atom stereocenters. The number of nitrogens with one attached hydrogen (secondary N) is 2. The number of amides is 1.